The van der Waals surface area contributed by atoms with Crippen LogP contribution in [0.2, 0.25) is 5.02 Å². The molecule has 1 aliphatic heterocycles. The van der Waals surface area contributed by atoms with Gasteiger partial charge in [0.05, 0.1) is 10.6 Å². The van der Waals surface area contributed by atoms with Crippen molar-refractivity contribution in [1.29, 1.82) is 0 Å². The topological polar surface area (TPSA) is 72.9 Å². The number of carbonyl (C=O) groups is 1. The Morgan fingerprint density at radius 3 is 2.55 bits per heavy atom. The molecule has 29 heavy (non-hydrogen) atoms. The van der Waals surface area contributed by atoms with E-state index in [4.69, 9.17) is 21.1 Å². The van der Waals surface area contributed by atoms with E-state index in [0.29, 0.717) is 18.8 Å². The lowest BCUT2D eigenvalue weighted by molar-refractivity contribution is 0.0450. The normalized spacial score (nSPS) is 15.1. The zero-order valence-electron chi connectivity index (χ0n) is 16.3. The molecule has 156 valence electrons. The number of nitrogens with zero attached hydrogens (tertiary/aromatic N) is 1. The highest BCUT2D eigenvalue weighted by atomic mass is 35.5. The number of esters is 1. The second kappa shape index (κ2) is 9.61. The summed E-state index contributed by atoms with van der Waals surface area (Å²) in [5, 5.41) is 0.0925. The Morgan fingerprint density at radius 1 is 1.07 bits per heavy atom. The number of rotatable bonds is 7. The molecule has 1 saturated heterocycles. The summed E-state index contributed by atoms with van der Waals surface area (Å²) in [7, 11) is -3.75. The number of hydrogen-bond acceptors (Lipinski definition) is 5. The molecule has 0 bridgehead atoms. The molecule has 0 N–H and O–H groups in total. The van der Waals surface area contributed by atoms with Crippen LogP contribution < -0.4 is 4.74 Å². The lowest BCUT2D eigenvalue weighted by atomic mass is 10.2. The second-order valence-electron chi connectivity index (χ2n) is 6.91. The lowest BCUT2D eigenvalue weighted by Gasteiger charge is -2.26. The van der Waals surface area contributed by atoms with Gasteiger partial charge < -0.3 is 9.47 Å². The van der Waals surface area contributed by atoms with Gasteiger partial charge in [0.1, 0.15) is 23.9 Å². The van der Waals surface area contributed by atoms with Crippen molar-refractivity contribution >= 4 is 27.6 Å². The van der Waals surface area contributed by atoms with Crippen molar-refractivity contribution < 1.29 is 22.7 Å². The van der Waals surface area contributed by atoms with Crippen LogP contribution in [0.1, 0.15) is 35.2 Å². The number of sulfonamides is 1. The molecule has 8 heteroatoms. The van der Waals surface area contributed by atoms with Crippen molar-refractivity contribution in [3.63, 3.8) is 0 Å². The molecule has 1 aliphatic rings. The summed E-state index contributed by atoms with van der Waals surface area (Å²) in [6.45, 7) is 3.13. The average Bonchev–Trinajstić information content (AvgIpc) is 2.72. The average molecular weight is 438 g/mol. The van der Waals surface area contributed by atoms with Crippen molar-refractivity contribution in [2.45, 2.75) is 31.1 Å². The molecule has 1 fully saturated rings. The van der Waals surface area contributed by atoms with E-state index in [0.717, 1.165) is 24.8 Å². The number of ether oxygens (including phenoxy) is 2. The van der Waals surface area contributed by atoms with E-state index in [-0.39, 0.29) is 28.7 Å². The van der Waals surface area contributed by atoms with Gasteiger partial charge in [0, 0.05) is 13.1 Å². The summed E-state index contributed by atoms with van der Waals surface area (Å²) in [6.07, 6.45) is 2.65. The highest BCUT2D eigenvalue weighted by Crippen LogP contribution is 2.28. The largest absolute Gasteiger partial charge is 0.490 e. The van der Waals surface area contributed by atoms with Gasteiger partial charge >= 0.3 is 5.97 Å². The molecular weight excluding hydrogens is 414 g/mol. The summed E-state index contributed by atoms with van der Waals surface area (Å²) in [5.74, 6) is 0.0760. The number of hydrogen-bond donors (Lipinski definition) is 0. The zero-order valence-corrected chi connectivity index (χ0v) is 17.8. The molecule has 0 aromatic heterocycles. The minimum absolute atomic E-state index is 0.0452. The van der Waals surface area contributed by atoms with E-state index in [2.05, 4.69) is 0 Å². The molecule has 0 saturated carbocycles. The summed E-state index contributed by atoms with van der Waals surface area (Å²) in [6, 6.07) is 11.7. The quantitative estimate of drug-likeness (QED) is 0.482. The maximum Gasteiger partial charge on any atom is 0.338 e. The third-order valence-corrected chi connectivity index (χ3v) is 7.05. The van der Waals surface area contributed by atoms with Crippen LogP contribution in [0.25, 0.3) is 0 Å². The Bertz CT molecular complexity index is 971. The van der Waals surface area contributed by atoms with Crippen LogP contribution in [0, 0.1) is 6.92 Å². The highest BCUT2D eigenvalue weighted by Gasteiger charge is 2.29. The van der Waals surface area contributed by atoms with Crippen LogP contribution in [0.4, 0.5) is 0 Å². The van der Waals surface area contributed by atoms with Gasteiger partial charge in [0.15, 0.2) is 0 Å². The van der Waals surface area contributed by atoms with Crippen molar-refractivity contribution in [2.24, 2.45) is 0 Å². The number of piperidine rings is 1. The predicted octanol–water partition coefficient (Wildman–Crippen LogP) is 4.06. The van der Waals surface area contributed by atoms with Crippen LogP contribution in [-0.2, 0) is 14.8 Å². The number of carbonyl (C=O) groups excluding carboxylic acids is 1. The molecular formula is C21H24ClNO5S. The SMILES string of the molecule is Cc1cccc(OCCOC(=O)c2ccc(Cl)c(S(=O)(=O)N3CCCCC3)c2)c1. The van der Waals surface area contributed by atoms with Gasteiger partial charge in [0.25, 0.3) is 0 Å². The fraction of sp³-hybridized carbons (Fsp3) is 0.381. The third kappa shape index (κ3) is 5.50. The van der Waals surface area contributed by atoms with Gasteiger partial charge in [-0.2, -0.15) is 4.31 Å². The smallest absolute Gasteiger partial charge is 0.338 e. The summed E-state index contributed by atoms with van der Waals surface area (Å²) >= 11 is 6.13. The first kappa shape index (κ1) is 21.6. The lowest BCUT2D eigenvalue weighted by Crippen LogP contribution is -2.35. The molecule has 2 aromatic rings. The van der Waals surface area contributed by atoms with E-state index in [1.165, 1.54) is 22.5 Å². The minimum Gasteiger partial charge on any atom is -0.490 e. The van der Waals surface area contributed by atoms with E-state index >= 15 is 0 Å². The first-order valence-electron chi connectivity index (χ1n) is 9.54. The van der Waals surface area contributed by atoms with Gasteiger partial charge in [-0.15, -0.1) is 0 Å². The first-order valence-corrected chi connectivity index (χ1v) is 11.4. The predicted molar refractivity (Wildman–Crippen MR) is 111 cm³/mol. The Kier molecular flexibility index (Phi) is 7.16. The fourth-order valence-corrected chi connectivity index (χ4v) is 5.17. The van der Waals surface area contributed by atoms with E-state index in [9.17, 15) is 13.2 Å². The monoisotopic (exact) mass is 437 g/mol. The Hall–Kier alpha value is -2.09. The summed E-state index contributed by atoms with van der Waals surface area (Å²) in [4.78, 5) is 12.3. The molecule has 0 atom stereocenters. The van der Waals surface area contributed by atoms with Gasteiger partial charge in [-0.25, -0.2) is 13.2 Å². The number of aryl methyl sites for hydroxylation is 1. The third-order valence-electron chi connectivity index (χ3n) is 4.67. The van der Waals surface area contributed by atoms with Crippen molar-refractivity contribution in [2.75, 3.05) is 26.3 Å². The van der Waals surface area contributed by atoms with Crippen LogP contribution in [0.5, 0.6) is 5.75 Å². The maximum absolute atomic E-state index is 12.9. The molecule has 3 rings (SSSR count). The first-order chi connectivity index (χ1) is 13.9. The molecule has 6 nitrogen and oxygen atoms in total. The molecule has 0 radical (unpaired) electrons. The molecule has 1 heterocycles. The van der Waals surface area contributed by atoms with Gasteiger partial charge in [-0.05, 0) is 55.7 Å². The minimum atomic E-state index is -3.75. The Labute approximate surface area is 176 Å². The van der Waals surface area contributed by atoms with Crippen molar-refractivity contribution in [3.8, 4) is 5.75 Å². The second-order valence-corrected chi connectivity index (χ2v) is 9.22. The van der Waals surface area contributed by atoms with Crippen molar-refractivity contribution in [1.82, 2.24) is 4.31 Å². The number of halogens is 1. The van der Waals surface area contributed by atoms with Crippen LogP contribution >= 0.6 is 11.6 Å². The maximum atomic E-state index is 12.9. The Morgan fingerprint density at radius 2 is 1.83 bits per heavy atom. The van der Waals surface area contributed by atoms with Crippen molar-refractivity contribution in [3.05, 3.63) is 58.6 Å². The zero-order chi connectivity index (χ0) is 20.9. The van der Waals surface area contributed by atoms with E-state index < -0.39 is 16.0 Å². The van der Waals surface area contributed by atoms with E-state index in [1.807, 2.05) is 31.2 Å². The molecule has 2 aromatic carbocycles. The summed E-state index contributed by atoms with van der Waals surface area (Å²) in [5.41, 5.74) is 1.21. The number of benzene rings is 2. The molecule has 0 unspecified atom stereocenters. The van der Waals surface area contributed by atoms with Gasteiger partial charge in [-0.1, -0.05) is 30.2 Å². The molecule has 0 amide bonds. The molecule has 0 spiro atoms. The Balaban J connectivity index is 1.63. The molecule has 0 aliphatic carbocycles. The van der Waals surface area contributed by atoms with Crippen LogP contribution in [0.3, 0.4) is 0 Å². The standard InChI is InChI=1S/C21H24ClNO5S/c1-16-6-5-7-18(14-16)27-12-13-28-21(24)17-8-9-19(22)20(15-17)29(25,26)23-10-3-2-4-11-23/h5-9,14-15H,2-4,10-13H2,1H3. The van der Waals surface area contributed by atoms with E-state index in [1.54, 1.807) is 0 Å². The van der Waals surface area contributed by atoms with Gasteiger partial charge in [0.2, 0.25) is 10.0 Å². The van der Waals surface area contributed by atoms with Crippen LogP contribution in [0.15, 0.2) is 47.4 Å². The fourth-order valence-electron chi connectivity index (χ4n) is 3.15. The highest BCUT2D eigenvalue weighted by molar-refractivity contribution is 7.89. The van der Waals surface area contributed by atoms with Crippen LogP contribution in [-0.4, -0.2) is 45.0 Å². The van der Waals surface area contributed by atoms with Gasteiger partial charge in [-0.3, -0.25) is 0 Å². The summed E-state index contributed by atoms with van der Waals surface area (Å²) < 4.78 is 38.0.